The Morgan fingerprint density at radius 2 is 1.93 bits per heavy atom. The van der Waals surface area contributed by atoms with Gasteiger partial charge in [-0.05, 0) is 29.3 Å². The fourth-order valence-electron chi connectivity index (χ4n) is 4.31. The van der Waals surface area contributed by atoms with Crippen LogP contribution < -0.4 is 10.6 Å². The zero-order valence-electron chi connectivity index (χ0n) is 16.0. The highest BCUT2D eigenvalue weighted by atomic mass is 32.1. The molecule has 2 aromatic heterocycles. The van der Waals surface area contributed by atoms with Gasteiger partial charge in [-0.3, -0.25) is 9.78 Å². The molecule has 0 saturated carbocycles. The Morgan fingerprint density at radius 3 is 2.67 bits per heavy atom. The summed E-state index contributed by atoms with van der Waals surface area (Å²) in [5, 5.41) is 16.4. The van der Waals surface area contributed by atoms with E-state index in [1.165, 1.54) is 16.2 Å². The normalized spacial score (nSPS) is 22.9. The Labute approximate surface area is 177 Å². The van der Waals surface area contributed by atoms with Crippen molar-refractivity contribution in [2.45, 2.75) is 24.5 Å². The van der Waals surface area contributed by atoms with E-state index in [2.05, 4.69) is 15.6 Å². The van der Waals surface area contributed by atoms with E-state index in [9.17, 15) is 14.7 Å². The SMILES string of the molecule is O=C1NC2(CCN(C(=O)O)C(c3ccccc3)C2)Nc2cc(-c3ccncc3)sc21. The average Bonchev–Trinajstić information content (AvgIpc) is 3.19. The number of pyridine rings is 1. The van der Waals surface area contributed by atoms with Gasteiger partial charge < -0.3 is 20.6 Å². The molecule has 0 bridgehead atoms. The van der Waals surface area contributed by atoms with E-state index < -0.39 is 11.8 Å². The lowest BCUT2D eigenvalue weighted by Gasteiger charge is -2.48. The molecule has 1 spiro atoms. The maximum absolute atomic E-state index is 13.0. The summed E-state index contributed by atoms with van der Waals surface area (Å²) < 4.78 is 0. The van der Waals surface area contributed by atoms with Crippen LogP contribution >= 0.6 is 11.3 Å². The lowest BCUT2D eigenvalue weighted by molar-refractivity contribution is 0.0659. The molecule has 3 aromatic rings. The molecule has 1 fully saturated rings. The number of carbonyl (C=O) groups is 2. The number of likely N-dealkylation sites (tertiary alicyclic amines) is 1. The van der Waals surface area contributed by atoms with E-state index in [-0.39, 0.29) is 11.9 Å². The minimum atomic E-state index is -0.947. The van der Waals surface area contributed by atoms with E-state index in [0.717, 1.165) is 21.7 Å². The number of thiophene rings is 1. The van der Waals surface area contributed by atoms with Crippen molar-refractivity contribution in [3.63, 3.8) is 0 Å². The number of benzene rings is 1. The minimum absolute atomic E-state index is 0.121. The van der Waals surface area contributed by atoms with Gasteiger partial charge in [0.2, 0.25) is 0 Å². The summed E-state index contributed by atoms with van der Waals surface area (Å²) in [6.07, 6.45) is 3.46. The molecule has 8 heteroatoms. The molecule has 2 aliphatic heterocycles. The van der Waals surface area contributed by atoms with Crippen LogP contribution in [0, 0.1) is 0 Å². The van der Waals surface area contributed by atoms with Crippen molar-refractivity contribution in [3.05, 3.63) is 71.4 Å². The number of nitrogens with one attached hydrogen (secondary N) is 2. The standard InChI is InChI=1S/C22H20N4O3S/c27-20-19-16(12-18(30-19)15-6-9-23-10-7-15)24-22(25-20)8-11-26(21(28)29)17(13-22)14-4-2-1-3-5-14/h1-7,9-10,12,17,24H,8,11,13H2,(H,25,27)(H,28,29). The van der Waals surface area contributed by atoms with Crippen molar-refractivity contribution in [3.8, 4) is 10.4 Å². The third-order valence-corrected chi connectivity index (χ3v) is 6.94. The van der Waals surface area contributed by atoms with E-state index in [1.54, 1.807) is 12.4 Å². The van der Waals surface area contributed by atoms with Gasteiger partial charge >= 0.3 is 6.09 Å². The fourth-order valence-corrected chi connectivity index (χ4v) is 5.33. The van der Waals surface area contributed by atoms with Crippen LogP contribution in [0.3, 0.4) is 0 Å². The van der Waals surface area contributed by atoms with Crippen molar-refractivity contribution in [2.75, 3.05) is 11.9 Å². The maximum atomic E-state index is 13.0. The number of fused-ring (bicyclic) bond motifs is 1. The topological polar surface area (TPSA) is 94.6 Å². The second kappa shape index (κ2) is 7.14. The first kappa shape index (κ1) is 18.6. The highest BCUT2D eigenvalue weighted by Crippen LogP contribution is 2.43. The van der Waals surface area contributed by atoms with Gasteiger partial charge in [-0.25, -0.2) is 4.79 Å². The van der Waals surface area contributed by atoms with Crippen LogP contribution in [0.25, 0.3) is 10.4 Å². The van der Waals surface area contributed by atoms with Gasteiger partial charge in [0.25, 0.3) is 5.91 Å². The minimum Gasteiger partial charge on any atom is -0.465 e. The maximum Gasteiger partial charge on any atom is 0.407 e. The third-order valence-electron chi connectivity index (χ3n) is 5.76. The number of amides is 2. The summed E-state index contributed by atoms with van der Waals surface area (Å²) in [6.45, 7) is 0.332. The van der Waals surface area contributed by atoms with Crippen molar-refractivity contribution in [2.24, 2.45) is 0 Å². The number of anilines is 1. The van der Waals surface area contributed by atoms with Gasteiger partial charge in [-0.2, -0.15) is 0 Å². The molecule has 2 aliphatic rings. The van der Waals surface area contributed by atoms with Crippen LogP contribution in [0.2, 0.25) is 0 Å². The Kier molecular flexibility index (Phi) is 4.43. The van der Waals surface area contributed by atoms with Crippen molar-refractivity contribution >= 4 is 29.0 Å². The molecule has 4 heterocycles. The summed E-state index contributed by atoms with van der Waals surface area (Å²) >= 11 is 1.44. The Hall–Kier alpha value is -3.39. The number of carboxylic acid groups (broad SMARTS) is 1. The van der Waals surface area contributed by atoms with Crippen molar-refractivity contribution < 1.29 is 14.7 Å². The fraction of sp³-hybridized carbons (Fsp3) is 0.227. The highest BCUT2D eigenvalue weighted by Gasteiger charge is 2.46. The molecule has 2 atom stereocenters. The number of nitrogens with zero attached hydrogens (tertiary/aromatic N) is 2. The predicted molar refractivity (Wildman–Crippen MR) is 115 cm³/mol. The van der Waals surface area contributed by atoms with Crippen LogP contribution in [0.5, 0.6) is 0 Å². The van der Waals surface area contributed by atoms with Gasteiger partial charge in [-0.15, -0.1) is 11.3 Å². The molecule has 5 rings (SSSR count). The molecule has 3 N–H and O–H groups in total. The quantitative estimate of drug-likeness (QED) is 0.578. The first-order valence-electron chi connectivity index (χ1n) is 9.74. The molecule has 1 saturated heterocycles. The van der Waals surface area contributed by atoms with Crippen LogP contribution in [-0.2, 0) is 0 Å². The number of aromatic nitrogens is 1. The van der Waals surface area contributed by atoms with Gasteiger partial charge in [0.05, 0.1) is 11.7 Å². The molecule has 30 heavy (non-hydrogen) atoms. The second-order valence-corrected chi connectivity index (χ2v) is 8.66. The van der Waals surface area contributed by atoms with E-state index in [1.807, 2.05) is 48.5 Å². The lowest BCUT2D eigenvalue weighted by atomic mass is 9.85. The zero-order valence-corrected chi connectivity index (χ0v) is 16.9. The molecule has 1 aromatic carbocycles. The number of rotatable bonds is 2. The monoisotopic (exact) mass is 420 g/mol. The van der Waals surface area contributed by atoms with E-state index >= 15 is 0 Å². The number of carbonyl (C=O) groups excluding carboxylic acids is 1. The largest absolute Gasteiger partial charge is 0.465 e. The number of hydrogen-bond acceptors (Lipinski definition) is 5. The molecular formula is C22H20N4O3S. The van der Waals surface area contributed by atoms with Gasteiger partial charge in [-0.1, -0.05) is 30.3 Å². The lowest BCUT2D eigenvalue weighted by Crippen LogP contribution is -2.63. The molecule has 2 amide bonds. The molecule has 2 unspecified atom stereocenters. The van der Waals surface area contributed by atoms with Crippen LogP contribution in [-0.4, -0.2) is 39.2 Å². The molecular weight excluding hydrogens is 400 g/mol. The summed E-state index contributed by atoms with van der Waals surface area (Å²) in [7, 11) is 0. The predicted octanol–water partition coefficient (Wildman–Crippen LogP) is 4.18. The third kappa shape index (κ3) is 3.19. The van der Waals surface area contributed by atoms with Crippen molar-refractivity contribution in [1.29, 1.82) is 0 Å². The average molecular weight is 420 g/mol. The molecule has 7 nitrogen and oxygen atoms in total. The highest BCUT2D eigenvalue weighted by molar-refractivity contribution is 7.18. The summed E-state index contributed by atoms with van der Waals surface area (Å²) in [5.74, 6) is -0.121. The van der Waals surface area contributed by atoms with Gasteiger partial charge in [0, 0.05) is 36.7 Å². The number of hydrogen-bond donors (Lipinski definition) is 3. The second-order valence-electron chi connectivity index (χ2n) is 7.61. The first-order chi connectivity index (χ1) is 14.5. The van der Waals surface area contributed by atoms with Gasteiger partial charge in [0.15, 0.2) is 0 Å². The summed E-state index contributed by atoms with van der Waals surface area (Å²) in [6, 6.07) is 15.1. The van der Waals surface area contributed by atoms with E-state index in [4.69, 9.17) is 0 Å². The van der Waals surface area contributed by atoms with Gasteiger partial charge in [0.1, 0.15) is 10.5 Å². The first-order valence-corrected chi connectivity index (χ1v) is 10.6. The van der Waals surface area contributed by atoms with Crippen LogP contribution in [0.1, 0.15) is 34.1 Å². The van der Waals surface area contributed by atoms with Crippen LogP contribution in [0.4, 0.5) is 10.5 Å². The Bertz CT molecular complexity index is 1100. The van der Waals surface area contributed by atoms with Crippen LogP contribution in [0.15, 0.2) is 60.9 Å². The summed E-state index contributed by atoms with van der Waals surface area (Å²) in [4.78, 5) is 32.0. The zero-order chi connectivity index (χ0) is 20.7. The molecule has 152 valence electrons. The molecule has 0 radical (unpaired) electrons. The molecule has 0 aliphatic carbocycles. The summed E-state index contributed by atoms with van der Waals surface area (Å²) in [5.41, 5.74) is 2.04. The Morgan fingerprint density at radius 1 is 1.17 bits per heavy atom. The Balaban J connectivity index is 1.48. The van der Waals surface area contributed by atoms with E-state index in [0.29, 0.717) is 24.3 Å². The van der Waals surface area contributed by atoms with Crippen molar-refractivity contribution in [1.82, 2.24) is 15.2 Å². The smallest absolute Gasteiger partial charge is 0.407 e. The number of piperidine rings is 1.